The first-order chi connectivity index (χ1) is 19.4. The van der Waals surface area contributed by atoms with Crippen molar-refractivity contribution < 1.29 is 28.6 Å². The van der Waals surface area contributed by atoms with Crippen LogP contribution in [-0.4, -0.2) is 76.3 Å². The van der Waals surface area contributed by atoms with E-state index in [4.69, 9.17) is 21.1 Å². The quantitative estimate of drug-likeness (QED) is 0.354. The average Bonchev–Trinajstić information content (AvgIpc) is 3.28. The Morgan fingerprint density at radius 1 is 1.30 bits per heavy atom. The fourth-order valence-electron chi connectivity index (χ4n) is 4.71. The number of benzene rings is 1. The number of fused-ring (bicyclic) bond motifs is 1. The molecule has 0 bridgehead atoms. The number of aliphatic hydroxyl groups is 1. The second-order valence-corrected chi connectivity index (χ2v) is 9.88. The third kappa shape index (κ3) is 5.98. The van der Waals surface area contributed by atoms with Crippen molar-refractivity contribution in [3.63, 3.8) is 0 Å². The highest BCUT2D eigenvalue weighted by molar-refractivity contribution is 6.33. The number of rotatable bonds is 9. The molecular weight excluding hydrogens is 543 g/mol. The smallest absolute Gasteiger partial charge is 0.255 e. The summed E-state index contributed by atoms with van der Waals surface area (Å²) in [5.41, 5.74) is 1.32. The van der Waals surface area contributed by atoms with Gasteiger partial charge < -0.3 is 30.1 Å². The van der Waals surface area contributed by atoms with Crippen molar-refractivity contribution in [2.24, 2.45) is 0 Å². The van der Waals surface area contributed by atoms with Crippen LogP contribution in [0.4, 0.5) is 10.3 Å². The zero-order valence-electron chi connectivity index (χ0n) is 21.7. The van der Waals surface area contributed by atoms with Crippen molar-refractivity contribution in [1.82, 2.24) is 25.2 Å². The number of aromatic nitrogens is 3. The Balaban J connectivity index is 1.30. The summed E-state index contributed by atoms with van der Waals surface area (Å²) >= 11 is 6.37. The minimum absolute atomic E-state index is 0.0804. The molecule has 1 fully saturated rings. The Bertz CT molecular complexity index is 1420. The molecule has 2 aliphatic rings. The maximum absolute atomic E-state index is 15.2. The molecule has 3 aromatic rings. The van der Waals surface area contributed by atoms with Gasteiger partial charge in [0.2, 0.25) is 17.7 Å². The standard InChI is InChI=1S/C27H28ClFN6O5/c1-39-24-4-2-3-21(33-24)22(14-36)32-23(37)13-35-12-18-17(26(35)38)9-15(10-20(18)29)25-19(28)11-30-27(34-25)31-16-5-7-40-8-6-16/h2-4,9-11,16,22,36H,5-8,12-14H2,1H3,(H,32,37)(H,30,31,34)/t22-/m1/s1. The van der Waals surface area contributed by atoms with E-state index in [1.807, 2.05) is 0 Å². The number of ether oxygens (including phenoxy) is 2. The summed E-state index contributed by atoms with van der Waals surface area (Å²) in [4.78, 5) is 40.2. The number of aliphatic hydroxyl groups excluding tert-OH is 1. The van der Waals surface area contributed by atoms with E-state index in [1.165, 1.54) is 30.3 Å². The number of carbonyl (C=O) groups excluding carboxylic acids is 2. The number of hydrogen-bond acceptors (Lipinski definition) is 9. The summed E-state index contributed by atoms with van der Waals surface area (Å²) in [7, 11) is 1.46. The Morgan fingerprint density at radius 2 is 2.10 bits per heavy atom. The summed E-state index contributed by atoms with van der Waals surface area (Å²) < 4.78 is 25.7. The molecule has 0 radical (unpaired) electrons. The van der Waals surface area contributed by atoms with Crippen molar-refractivity contribution in [2.45, 2.75) is 31.5 Å². The van der Waals surface area contributed by atoms with Gasteiger partial charge in [-0.1, -0.05) is 17.7 Å². The van der Waals surface area contributed by atoms with Gasteiger partial charge in [0.15, 0.2) is 0 Å². The highest BCUT2D eigenvalue weighted by Gasteiger charge is 2.33. The number of halogens is 2. The lowest BCUT2D eigenvalue weighted by molar-refractivity contribution is -0.123. The fourth-order valence-corrected chi connectivity index (χ4v) is 4.91. The molecule has 0 spiro atoms. The minimum Gasteiger partial charge on any atom is -0.481 e. The van der Waals surface area contributed by atoms with Crippen LogP contribution in [-0.2, 0) is 16.1 Å². The summed E-state index contributed by atoms with van der Waals surface area (Å²) in [5.74, 6) is -0.964. The monoisotopic (exact) mass is 570 g/mol. The van der Waals surface area contributed by atoms with E-state index in [9.17, 15) is 14.7 Å². The first-order valence-corrected chi connectivity index (χ1v) is 13.1. The molecule has 2 amide bonds. The van der Waals surface area contributed by atoms with Crippen molar-refractivity contribution in [1.29, 1.82) is 0 Å². The SMILES string of the molecule is COc1cccc([C@@H](CO)NC(=O)CN2Cc3c(F)cc(-c4nc(NC5CCOCC5)ncc4Cl)cc3C2=O)n1. The zero-order chi connectivity index (χ0) is 28.2. The summed E-state index contributed by atoms with van der Waals surface area (Å²) in [6, 6.07) is 7.10. The van der Waals surface area contributed by atoms with Crippen LogP contribution in [0.3, 0.4) is 0 Å². The van der Waals surface area contributed by atoms with Crippen LogP contribution in [0.15, 0.2) is 36.5 Å². The molecule has 210 valence electrons. The van der Waals surface area contributed by atoms with Gasteiger partial charge in [-0.25, -0.2) is 19.3 Å². The van der Waals surface area contributed by atoms with Crippen LogP contribution >= 0.6 is 11.6 Å². The summed E-state index contributed by atoms with van der Waals surface area (Å²) in [6.45, 7) is 0.453. The number of nitrogens with zero attached hydrogens (tertiary/aromatic N) is 4. The lowest BCUT2D eigenvalue weighted by atomic mass is 10.0. The molecule has 13 heteroatoms. The maximum Gasteiger partial charge on any atom is 0.255 e. The molecule has 0 unspecified atom stereocenters. The number of anilines is 1. The van der Waals surface area contributed by atoms with E-state index in [2.05, 4.69) is 25.6 Å². The topological polar surface area (TPSA) is 139 Å². The number of amides is 2. The molecule has 0 aliphatic carbocycles. The highest BCUT2D eigenvalue weighted by atomic mass is 35.5. The van der Waals surface area contributed by atoms with Crippen molar-refractivity contribution in [3.05, 3.63) is 64.2 Å². The van der Waals surface area contributed by atoms with Gasteiger partial charge in [-0.15, -0.1) is 0 Å². The van der Waals surface area contributed by atoms with Gasteiger partial charge in [-0.2, -0.15) is 0 Å². The van der Waals surface area contributed by atoms with E-state index in [0.29, 0.717) is 36.3 Å². The van der Waals surface area contributed by atoms with Crippen molar-refractivity contribution in [2.75, 3.05) is 38.8 Å². The summed E-state index contributed by atoms with van der Waals surface area (Å²) in [5, 5.41) is 15.9. The lowest BCUT2D eigenvalue weighted by Crippen LogP contribution is -2.40. The molecule has 4 heterocycles. The van der Waals surface area contributed by atoms with Gasteiger partial charge in [-0.3, -0.25) is 9.59 Å². The predicted molar refractivity (Wildman–Crippen MR) is 143 cm³/mol. The van der Waals surface area contributed by atoms with Gasteiger partial charge in [0.25, 0.3) is 5.91 Å². The number of pyridine rings is 1. The molecule has 2 aliphatic heterocycles. The molecular formula is C27H28ClFN6O5. The fraction of sp³-hybridized carbons (Fsp3) is 0.370. The minimum atomic E-state index is -0.810. The zero-order valence-corrected chi connectivity index (χ0v) is 22.4. The molecule has 11 nitrogen and oxygen atoms in total. The predicted octanol–water partition coefficient (Wildman–Crippen LogP) is 2.74. The number of nitrogens with one attached hydrogen (secondary N) is 2. The highest BCUT2D eigenvalue weighted by Crippen LogP contribution is 2.33. The van der Waals surface area contributed by atoms with Gasteiger partial charge in [0, 0.05) is 42.0 Å². The Labute approximate surface area is 234 Å². The van der Waals surface area contributed by atoms with Crippen LogP contribution in [0.25, 0.3) is 11.3 Å². The van der Waals surface area contributed by atoms with E-state index in [0.717, 1.165) is 12.8 Å². The Morgan fingerprint density at radius 3 is 2.85 bits per heavy atom. The molecule has 1 aromatic carbocycles. The average molecular weight is 571 g/mol. The van der Waals surface area contributed by atoms with E-state index >= 15 is 4.39 Å². The van der Waals surface area contributed by atoms with Crippen LogP contribution in [0, 0.1) is 5.82 Å². The second kappa shape index (κ2) is 12.1. The third-order valence-corrected chi connectivity index (χ3v) is 7.07. The number of methoxy groups -OCH3 is 1. The molecule has 40 heavy (non-hydrogen) atoms. The molecule has 0 saturated carbocycles. The first-order valence-electron chi connectivity index (χ1n) is 12.8. The number of carbonyl (C=O) groups is 2. The van der Waals surface area contributed by atoms with Crippen LogP contribution < -0.4 is 15.4 Å². The molecule has 3 N–H and O–H groups in total. The normalized spacial score (nSPS) is 16.0. The lowest BCUT2D eigenvalue weighted by Gasteiger charge is -2.23. The Hall–Kier alpha value is -3.87. The van der Waals surface area contributed by atoms with Gasteiger partial charge in [-0.05, 0) is 31.0 Å². The van der Waals surface area contributed by atoms with Gasteiger partial charge in [0.1, 0.15) is 12.4 Å². The molecule has 5 rings (SSSR count). The molecule has 1 atom stereocenters. The van der Waals surface area contributed by atoms with Crippen molar-refractivity contribution >= 4 is 29.4 Å². The molecule has 1 saturated heterocycles. The van der Waals surface area contributed by atoms with Crippen LogP contribution in [0.5, 0.6) is 5.88 Å². The third-order valence-electron chi connectivity index (χ3n) is 6.80. The van der Waals surface area contributed by atoms with E-state index in [1.54, 1.807) is 18.2 Å². The van der Waals surface area contributed by atoms with Crippen LogP contribution in [0.2, 0.25) is 5.02 Å². The Kier molecular flexibility index (Phi) is 8.38. The maximum atomic E-state index is 15.2. The van der Waals surface area contributed by atoms with Gasteiger partial charge in [0.05, 0.1) is 48.9 Å². The van der Waals surface area contributed by atoms with E-state index in [-0.39, 0.29) is 41.0 Å². The van der Waals surface area contributed by atoms with Crippen LogP contribution in [0.1, 0.15) is 40.5 Å². The van der Waals surface area contributed by atoms with Crippen molar-refractivity contribution in [3.8, 4) is 17.1 Å². The number of hydrogen-bond donors (Lipinski definition) is 3. The summed E-state index contributed by atoms with van der Waals surface area (Å²) in [6.07, 6.45) is 3.05. The first kappa shape index (κ1) is 27.7. The largest absolute Gasteiger partial charge is 0.481 e. The second-order valence-electron chi connectivity index (χ2n) is 9.47. The van der Waals surface area contributed by atoms with Gasteiger partial charge >= 0.3 is 0 Å². The molecule has 2 aromatic heterocycles. The van der Waals surface area contributed by atoms with E-state index < -0.39 is 30.3 Å².